The maximum atomic E-state index is 12.2. The van der Waals surface area contributed by atoms with Crippen LogP contribution in [0.5, 0.6) is 5.75 Å². The zero-order valence-corrected chi connectivity index (χ0v) is 16.0. The number of non-ortho nitro benzene ring substituents is 1. The monoisotopic (exact) mass is 419 g/mol. The van der Waals surface area contributed by atoms with E-state index in [-0.39, 0.29) is 22.6 Å². The molecular formula is C21H17N5O5. The maximum Gasteiger partial charge on any atom is 0.323 e. The second-order valence-corrected chi connectivity index (χ2v) is 6.22. The summed E-state index contributed by atoms with van der Waals surface area (Å²) in [5.41, 5.74) is 3.53. The first kappa shape index (κ1) is 21.0. The van der Waals surface area contributed by atoms with Crippen LogP contribution in [0.3, 0.4) is 0 Å². The number of aromatic hydroxyl groups is 1. The van der Waals surface area contributed by atoms with Gasteiger partial charge in [0.2, 0.25) is 0 Å². The van der Waals surface area contributed by atoms with E-state index < -0.39 is 16.9 Å². The molecule has 10 heteroatoms. The van der Waals surface area contributed by atoms with E-state index in [1.165, 1.54) is 18.2 Å². The van der Waals surface area contributed by atoms with Gasteiger partial charge in [-0.3, -0.25) is 14.9 Å². The number of rotatable bonds is 6. The zero-order chi connectivity index (χ0) is 22.2. The Kier molecular flexibility index (Phi) is 6.54. The predicted molar refractivity (Wildman–Crippen MR) is 115 cm³/mol. The highest BCUT2D eigenvalue weighted by molar-refractivity contribution is 6.00. The van der Waals surface area contributed by atoms with Gasteiger partial charge in [-0.25, -0.2) is 10.2 Å². The van der Waals surface area contributed by atoms with Crippen LogP contribution in [0.25, 0.3) is 0 Å². The molecule has 3 rings (SSSR count). The summed E-state index contributed by atoms with van der Waals surface area (Å²) in [4.78, 5) is 34.4. The molecule has 156 valence electrons. The fourth-order valence-electron chi connectivity index (χ4n) is 2.50. The molecule has 3 aromatic carbocycles. The van der Waals surface area contributed by atoms with E-state index in [2.05, 4.69) is 21.2 Å². The van der Waals surface area contributed by atoms with Gasteiger partial charge in [0.1, 0.15) is 5.75 Å². The van der Waals surface area contributed by atoms with E-state index in [1.807, 2.05) is 6.07 Å². The van der Waals surface area contributed by atoms with Gasteiger partial charge in [-0.2, -0.15) is 5.10 Å². The number of urea groups is 1. The molecule has 0 radical (unpaired) electrons. The van der Waals surface area contributed by atoms with Crippen LogP contribution in [0, 0.1) is 10.1 Å². The van der Waals surface area contributed by atoms with Gasteiger partial charge in [-0.1, -0.05) is 18.2 Å². The molecular weight excluding hydrogens is 402 g/mol. The van der Waals surface area contributed by atoms with E-state index in [0.29, 0.717) is 11.4 Å². The predicted octanol–water partition coefficient (Wildman–Crippen LogP) is 3.71. The van der Waals surface area contributed by atoms with Gasteiger partial charge in [-0.15, -0.1) is 0 Å². The first-order chi connectivity index (χ1) is 14.9. The van der Waals surface area contributed by atoms with Crippen molar-refractivity contribution < 1.29 is 19.6 Å². The third-order valence-corrected chi connectivity index (χ3v) is 4.03. The molecule has 0 aliphatic carbocycles. The summed E-state index contributed by atoms with van der Waals surface area (Å²) < 4.78 is 0. The van der Waals surface area contributed by atoms with Crippen LogP contribution in [0.4, 0.5) is 21.9 Å². The Morgan fingerprint density at radius 3 is 2.23 bits per heavy atom. The number of nitrogens with one attached hydrogen (secondary N) is 3. The molecule has 0 atom stereocenters. The summed E-state index contributed by atoms with van der Waals surface area (Å²) in [6.07, 6.45) is 1.10. The molecule has 0 aliphatic rings. The van der Waals surface area contributed by atoms with Crippen molar-refractivity contribution in [2.75, 3.05) is 10.6 Å². The number of anilines is 2. The van der Waals surface area contributed by atoms with Crippen LogP contribution < -0.4 is 16.1 Å². The molecule has 10 nitrogen and oxygen atoms in total. The second-order valence-electron chi connectivity index (χ2n) is 6.22. The number of nitro benzene ring substituents is 1. The number of phenols is 1. The summed E-state index contributed by atoms with van der Waals surface area (Å²) in [6.45, 7) is 0. The van der Waals surface area contributed by atoms with Crippen LogP contribution >= 0.6 is 0 Å². The Hall–Kier alpha value is -4.73. The lowest BCUT2D eigenvalue weighted by Crippen LogP contribution is -2.20. The summed E-state index contributed by atoms with van der Waals surface area (Å²) in [5, 5.41) is 29.6. The minimum absolute atomic E-state index is 0.0819. The zero-order valence-electron chi connectivity index (χ0n) is 16.0. The Morgan fingerprint density at radius 2 is 1.58 bits per heavy atom. The van der Waals surface area contributed by atoms with Crippen molar-refractivity contribution in [1.29, 1.82) is 0 Å². The van der Waals surface area contributed by atoms with Crippen molar-refractivity contribution in [2.45, 2.75) is 0 Å². The highest BCUT2D eigenvalue weighted by Crippen LogP contribution is 2.21. The van der Waals surface area contributed by atoms with E-state index in [9.17, 15) is 24.8 Å². The van der Waals surface area contributed by atoms with Gasteiger partial charge in [0, 0.05) is 34.6 Å². The van der Waals surface area contributed by atoms with Crippen molar-refractivity contribution in [1.82, 2.24) is 5.43 Å². The van der Waals surface area contributed by atoms with Crippen LogP contribution in [0.15, 0.2) is 77.9 Å². The Labute approximate surface area is 176 Å². The number of phenolic OH excluding ortho intramolecular Hbond substituents is 1. The van der Waals surface area contributed by atoms with E-state index in [0.717, 1.165) is 18.3 Å². The van der Waals surface area contributed by atoms with E-state index in [4.69, 9.17) is 0 Å². The van der Waals surface area contributed by atoms with Gasteiger partial charge in [0.05, 0.1) is 11.1 Å². The van der Waals surface area contributed by atoms with Crippen LogP contribution in [-0.2, 0) is 0 Å². The molecule has 0 heterocycles. The lowest BCUT2D eigenvalue weighted by molar-refractivity contribution is -0.384. The SMILES string of the molecule is O=C(Nc1ccccc1)Nc1ccc(C(=O)N/N=C/c2cc([N+](=O)[O-])ccc2O)cc1. The molecule has 4 N–H and O–H groups in total. The minimum Gasteiger partial charge on any atom is -0.507 e. The highest BCUT2D eigenvalue weighted by Gasteiger charge is 2.10. The molecule has 0 spiro atoms. The summed E-state index contributed by atoms with van der Waals surface area (Å²) in [5.74, 6) is -0.755. The standard InChI is InChI=1S/C21H17N5O5/c27-19-11-10-18(26(30)31)12-15(19)13-22-25-20(28)14-6-8-17(9-7-14)24-21(29)23-16-4-2-1-3-5-16/h1-13,27H,(H,25,28)(H2,23,24,29)/b22-13+. The van der Waals surface area contributed by atoms with Gasteiger partial charge in [0.15, 0.2) is 0 Å². The number of benzene rings is 3. The molecule has 31 heavy (non-hydrogen) atoms. The highest BCUT2D eigenvalue weighted by atomic mass is 16.6. The first-order valence-corrected chi connectivity index (χ1v) is 8.96. The van der Waals surface area contributed by atoms with Crippen LogP contribution in [-0.4, -0.2) is 28.2 Å². The number of para-hydroxylation sites is 1. The molecule has 0 aliphatic heterocycles. The van der Waals surface area contributed by atoms with Gasteiger partial charge in [-0.05, 0) is 42.5 Å². The summed E-state index contributed by atoms with van der Waals surface area (Å²) in [6, 6.07) is 18.0. The quantitative estimate of drug-likeness (QED) is 0.273. The minimum atomic E-state index is -0.606. The molecule has 0 aromatic heterocycles. The van der Waals surface area contributed by atoms with E-state index >= 15 is 0 Å². The van der Waals surface area contributed by atoms with Crippen LogP contribution in [0.1, 0.15) is 15.9 Å². The van der Waals surface area contributed by atoms with Crippen molar-refractivity contribution in [3.05, 3.63) is 94.0 Å². The number of hydrogen-bond donors (Lipinski definition) is 4. The largest absolute Gasteiger partial charge is 0.507 e. The number of carbonyl (C=O) groups excluding carboxylic acids is 2. The third kappa shape index (κ3) is 5.87. The number of amides is 3. The lowest BCUT2D eigenvalue weighted by atomic mass is 10.2. The van der Waals surface area contributed by atoms with Crippen molar-refractivity contribution in [3.63, 3.8) is 0 Å². The molecule has 3 amide bonds. The maximum absolute atomic E-state index is 12.2. The lowest BCUT2D eigenvalue weighted by Gasteiger charge is -2.08. The smallest absolute Gasteiger partial charge is 0.323 e. The molecule has 0 saturated carbocycles. The molecule has 0 saturated heterocycles. The molecule has 0 bridgehead atoms. The molecule has 3 aromatic rings. The number of nitrogens with zero attached hydrogens (tertiary/aromatic N) is 2. The normalized spacial score (nSPS) is 10.5. The van der Waals surface area contributed by atoms with Crippen LogP contribution in [0.2, 0.25) is 0 Å². The second kappa shape index (κ2) is 9.65. The number of hydrogen-bond acceptors (Lipinski definition) is 6. The Bertz CT molecular complexity index is 1130. The van der Waals surface area contributed by atoms with Crippen molar-refractivity contribution in [3.8, 4) is 5.75 Å². The van der Waals surface area contributed by atoms with E-state index in [1.54, 1.807) is 36.4 Å². The fraction of sp³-hybridized carbons (Fsp3) is 0. The number of nitro groups is 1. The summed E-state index contributed by atoms with van der Waals surface area (Å²) >= 11 is 0. The molecule has 0 fully saturated rings. The average Bonchev–Trinajstić information content (AvgIpc) is 2.76. The topological polar surface area (TPSA) is 146 Å². The third-order valence-electron chi connectivity index (χ3n) is 4.03. The van der Waals surface area contributed by atoms with Gasteiger partial charge >= 0.3 is 6.03 Å². The average molecular weight is 419 g/mol. The Balaban J connectivity index is 1.57. The summed E-state index contributed by atoms with van der Waals surface area (Å²) in [7, 11) is 0. The van der Waals surface area contributed by atoms with Crippen molar-refractivity contribution in [2.24, 2.45) is 5.10 Å². The van der Waals surface area contributed by atoms with Crippen molar-refractivity contribution >= 4 is 35.2 Å². The number of hydrazone groups is 1. The van der Waals surface area contributed by atoms with Gasteiger partial charge < -0.3 is 15.7 Å². The van der Waals surface area contributed by atoms with Gasteiger partial charge in [0.25, 0.3) is 11.6 Å². The number of carbonyl (C=O) groups is 2. The fourth-order valence-corrected chi connectivity index (χ4v) is 2.50. The Morgan fingerprint density at radius 1 is 0.935 bits per heavy atom. The molecule has 0 unspecified atom stereocenters. The first-order valence-electron chi connectivity index (χ1n) is 8.96.